The van der Waals surface area contributed by atoms with Crippen LogP contribution in [0, 0.1) is 0 Å². The third kappa shape index (κ3) is 3.55. The highest BCUT2D eigenvalue weighted by molar-refractivity contribution is 7.97. The first-order chi connectivity index (χ1) is 12.7. The molecule has 27 heavy (non-hydrogen) atoms. The third-order valence-corrected chi connectivity index (χ3v) is 8.81. The first kappa shape index (κ1) is 19.3. The van der Waals surface area contributed by atoms with E-state index in [0.717, 1.165) is 0 Å². The molecular formula is C17H17NO7S2. The normalized spacial score (nSPS) is 21.5. The third-order valence-electron chi connectivity index (χ3n) is 4.41. The van der Waals surface area contributed by atoms with Gasteiger partial charge in [-0.25, -0.2) is 22.3 Å². The summed E-state index contributed by atoms with van der Waals surface area (Å²) in [5.41, 5.74) is 1.30. The van der Waals surface area contributed by atoms with Gasteiger partial charge in [-0.2, -0.15) is 0 Å². The molecule has 144 valence electrons. The maximum Gasteiger partial charge on any atom is 0.266 e. The Morgan fingerprint density at radius 3 is 2.15 bits per heavy atom. The minimum absolute atomic E-state index is 0.233. The number of carbonyl (C=O) groups excluding carboxylic acids is 1. The van der Waals surface area contributed by atoms with Crippen molar-refractivity contribution in [2.75, 3.05) is 11.5 Å². The van der Waals surface area contributed by atoms with E-state index in [0.29, 0.717) is 11.5 Å². The SMILES string of the molecule is O=C(NO)C1(S(=O)(=O)c2ccc(Oc3ccccc3)cc2)CCS(=O)(=O)C1. The van der Waals surface area contributed by atoms with E-state index in [1.807, 2.05) is 6.07 Å². The Hall–Kier alpha value is -2.43. The number of hydrogen-bond acceptors (Lipinski definition) is 7. The van der Waals surface area contributed by atoms with E-state index in [1.54, 1.807) is 24.3 Å². The van der Waals surface area contributed by atoms with Crippen molar-refractivity contribution in [1.82, 2.24) is 5.48 Å². The van der Waals surface area contributed by atoms with Gasteiger partial charge in [0.25, 0.3) is 5.91 Å². The molecule has 0 saturated carbocycles. The summed E-state index contributed by atoms with van der Waals surface area (Å²) in [4.78, 5) is 11.9. The number of nitrogens with one attached hydrogen (secondary N) is 1. The van der Waals surface area contributed by atoms with Crippen LogP contribution in [0.25, 0.3) is 0 Å². The van der Waals surface area contributed by atoms with Crippen LogP contribution in [0.4, 0.5) is 0 Å². The van der Waals surface area contributed by atoms with E-state index >= 15 is 0 Å². The number of benzene rings is 2. The minimum atomic E-state index is -4.38. The summed E-state index contributed by atoms with van der Waals surface area (Å²) in [5.74, 6) is -1.65. The van der Waals surface area contributed by atoms with Crippen LogP contribution in [-0.4, -0.2) is 44.2 Å². The molecule has 0 aliphatic carbocycles. The summed E-state index contributed by atoms with van der Waals surface area (Å²) in [7, 11) is -8.10. The Balaban J connectivity index is 1.95. The summed E-state index contributed by atoms with van der Waals surface area (Å²) < 4.78 is 53.1. The van der Waals surface area contributed by atoms with Gasteiger partial charge in [0.1, 0.15) is 11.5 Å². The van der Waals surface area contributed by atoms with Crippen molar-refractivity contribution < 1.29 is 31.6 Å². The molecule has 1 atom stereocenters. The van der Waals surface area contributed by atoms with Gasteiger partial charge in [-0.05, 0) is 42.8 Å². The molecule has 2 N–H and O–H groups in total. The quantitative estimate of drug-likeness (QED) is 0.561. The zero-order valence-electron chi connectivity index (χ0n) is 14.0. The second kappa shape index (κ2) is 6.95. The van der Waals surface area contributed by atoms with Crippen LogP contribution < -0.4 is 10.2 Å². The fraction of sp³-hybridized carbons (Fsp3) is 0.235. The molecule has 1 heterocycles. The van der Waals surface area contributed by atoms with Crippen molar-refractivity contribution in [3.63, 3.8) is 0 Å². The molecule has 1 amide bonds. The monoisotopic (exact) mass is 411 g/mol. The van der Waals surface area contributed by atoms with Gasteiger partial charge in [0.15, 0.2) is 24.4 Å². The van der Waals surface area contributed by atoms with E-state index in [-0.39, 0.29) is 4.90 Å². The average Bonchev–Trinajstić information content (AvgIpc) is 3.00. The van der Waals surface area contributed by atoms with Crippen molar-refractivity contribution in [2.45, 2.75) is 16.1 Å². The topological polar surface area (TPSA) is 127 Å². The van der Waals surface area contributed by atoms with Gasteiger partial charge in [-0.1, -0.05) is 18.2 Å². The Morgan fingerprint density at radius 2 is 1.63 bits per heavy atom. The first-order valence-electron chi connectivity index (χ1n) is 7.93. The van der Waals surface area contributed by atoms with E-state index in [1.165, 1.54) is 29.7 Å². The predicted octanol–water partition coefficient (Wildman–Crippen LogP) is 1.32. The molecule has 2 aromatic carbocycles. The molecule has 0 aromatic heterocycles. The lowest BCUT2D eigenvalue weighted by atomic mass is 10.1. The van der Waals surface area contributed by atoms with Crippen LogP contribution in [-0.2, 0) is 24.5 Å². The summed E-state index contributed by atoms with van der Waals surface area (Å²) >= 11 is 0. The van der Waals surface area contributed by atoms with Crippen LogP contribution >= 0.6 is 0 Å². The number of carbonyl (C=O) groups is 1. The highest BCUT2D eigenvalue weighted by Crippen LogP contribution is 2.37. The summed E-state index contributed by atoms with van der Waals surface area (Å²) in [6, 6.07) is 14.2. The largest absolute Gasteiger partial charge is 0.457 e. The fourth-order valence-corrected chi connectivity index (χ4v) is 7.66. The Morgan fingerprint density at radius 1 is 1.04 bits per heavy atom. The maximum atomic E-state index is 13.0. The molecule has 2 aromatic rings. The predicted molar refractivity (Wildman–Crippen MR) is 96.1 cm³/mol. The van der Waals surface area contributed by atoms with Gasteiger partial charge < -0.3 is 4.74 Å². The van der Waals surface area contributed by atoms with E-state index < -0.39 is 48.3 Å². The highest BCUT2D eigenvalue weighted by Gasteiger charge is 2.58. The van der Waals surface area contributed by atoms with E-state index in [4.69, 9.17) is 9.94 Å². The van der Waals surface area contributed by atoms with Crippen molar-refractivity contribution in [1.29, 1.82) is 0 Å². The average molecular weight is 411 g/mol. The maximum absolute atomic E-state index is 13.0. The summed E-state index contributed by atoms with van der Waals surface area (Å²) in [6.45, 7) is 0. The molecule has 1 aliphatic heterocycles. The summed E-state index contributed by atoms with van der Waals surface area (Å²) in [6.07, 6.45) is -0.424. The van der Waals surface area contributed by atoms with Crippen LogP contribution in [0.2, 0.25) is 0 Å². The summed E-state index contributed by atoms with van der Waals surface area (Å²) in [5, 5.41) is 8.97. The standard InChI is InChI=1S/C17H17NO7S2/c19-16(18-20)17(10-11-26(21,22)12-17)27(23,24)15-8-6-14(7-9-15)25-13-4-2-1-3-5-13/h1-9,20H,10-12H2,(H,18,19). The van der Waals surface area contributed by atoms with Crippen LogP contribution in [0.3, 0.4) is 0 Å². The lowest BCUT2D eigenvalue weighted by Gasteiger charge is -2.25. The zero-order valence-corrected chi connectivity index (χ0v) is 15.7. The molecule has 3 rings (SSSR count). The first-order valence-corrected chi connectivity index (χ1v) is 11.2. The smallest absolute Gasteiger partial charge is 0.266 e. The molecule has 0 spiro atoms. The van der Waals surface area contributed by atoms with Crippen molar-refractivity contribution >= 4 is 25.6 Å². The van der Waals surface area contributed by atoms with Gasteiger partial charge in [0.2, 0.25) is 0 Å². The molecule has 1 fully saturated rings. The van der Waals surface area contributed by atoms with Gasteiger partial charge in [-0.3, -0.25) is 10.0 Å². The number of hydroxylamine groups is 1. The van der Waals surface area contributed by atoms with Crippen molar-refractivity contribution in [3.8, 4) is 11.5 Å². The van der Waals surface area contributed by atoms with Gasteiger partial charge >= 0.3 is 0 Å². The van der Waals surface area contributed by atoms with Crippen LogP contribution in [0.1, 0.15) is 6.42 Å². The van der Waals surface area contributed by atoms with Crippen molar-refractivity contribution in [3.05, 3.63) is 54.6 Å². The Kier molecular flexibility index (Phi) is 4.98. The van der Waals surface area contributed by atoms with Crippen molar-refractivity contribution in [2.24, 2.45) is 0 Å². The second-order valence-corrected chi connectivity index (χ2v) is 10.6. The molecule has 0 bridgehead atoms. The number of hydrogen-bond donors (Lipinski definition) is 2. The van der Waals surface area contributed by atoms with Gasteiger partial charge in [0, 0.05) is 0 Å². The molecule has 1 aliphatic rings. The minimum Gasteiger partial charge on any atom is -0.457 e. The number of amides is 1. The van der Waals surface area contributed by atoms with E-state index in [9.17, 15) is 21.6 Å². The molecule has 1 saturated heterocycles. The molecular weight excluding hydrogens is 394 g/mol. The fourth-order valence-electron chi connectivity index (χ4n) is 2.97. The Bertz CT molecular complexity index is 1050. The zero-order chi connectivity index (χ0) is 19.7. The highest BCUT2D eigenvalue weighted by atomic mass is 32.2. The lowest BCUT2D eigenvalue weighted by Crippen LogP contribution is -2.52. The van der Waals surface area contributed by atoms with Crippen LogP contribution in [0.15, 0.2) is 59.5 Å². The van der Waals surface area contributed by atoms with Crippen LogP contribution in [0.5, 0.6) is 11.5 Å². The number of para-hydroxylation sites is 1. The Labute approximate surface area is 156 Å². The molecule has 10 heteroatoms. The lowest BCUT2D eigenvalue weighted by molar-refractivity contribution is -0.131. The second-order valence-electron chi connectivity index (χ2n) is 6.17. The molecule has 0 radical (unpaired) electrons. The van der Waals surface area contributed by atoms with Gasteiger partial charge in [0.05, 0.1) is 16.4 Å². The number of sulfone groups is 2. The van der Waals surface area contributed by atoms with E-state index in [2.05, 4.69) is 0 Å². The van der Waals surface area contributed by atoms with Gasteiger partial charge in [-0.15, -0.1) is 0 Å². The number of ether oxygens (including phenoxy) is 1. The molecule has 1 unspecified atom stereocenters. The number of rotatable bonds is 5. The molecule has 8 nitrogen and oxygen atoms in total.